The third-order valence-electron chi connectivity index (χ3n) is 0.671. The maximum absolute atomic E-state index is 4.82. The van der Waals surface area contributed by atoms with Gasteiger partial charge in [0.2, 0.25) is 0 Å². The summed E-state index contributed by atoms with van der Waals surface area (Å²) < 4.78 is 4.82. The molecule has 0 aliphatic carbocycles. The maximum Gasteiger partial charge on any atom is 1.00 e. The van der Waals surface area contributed by atoms with Crippen LogP contribution in [0.1, 0.15) is 0 Å². The first-order valence-electron chi connectivity index (χ1n) is 3.45. The summed E-state index contributed by atoms with van der Waals surface area (Å²) >= 11 is 0. The van der Waals surface area contributed by atoms with Crippen molar-refractivity contribution < 1.29 is 68.9 Å². The molecule has 0 saturated carbocycles. The van der Waals surface area contributed by atoms with Crippen molar-refractivity contribution in [3.63, 3.8) is 0 Å². The van der Waals surface area contributed by atoms with E-state index < -0.39 is 16.5 Å². The molecule has 0 aromatic rings. The van der Waals surface area contributed by atoms with Crippen molar-refractivity contribution in [2.24, 2.45) is 0 Å². The summed E-state index contributed by atoms with van der Waals surface area (Å²) in [6, 6.07) is 0. The number of hydrogen-bond donors (Lipinski definition) is 0. The van der Waals surface area contributed by atoms with Crippen molar-refractivity contribution in [2.45, 2.75) is 39.3 Å². The molecule has 0 saturated heterocycles. The fourth-order valence-electron chi connectivity index (χ4n) is 1.01. The molecule has 57 valence electrons. The van der Waals surface area contributed by atoms with E-state index in [9.17, 15) is 0 Å². The van der Waals surface area contributed by atoms with Gasteiger partial charge in [0.15, 0.2) is 0 Å². The van der Waals surface area contributed by atoms with Crippen molar-refractivity contribution in [2.75, 3.05) is 0 Å². The van der Waals surface area contributed by atoms with Crippen molar-refractivity contribution in [3.05, 3.63) is 4.65 Å². The molecule has 1 nitrogen and oxygen atoms in total. The van der Waals surface area contributed by atoms with E-state index in [1.54, 1.807) is 0 Å². The number of hydrogen-bond acceptors (Lipinski definition) is 0. The zero-order valence-corrected chi connectivity index (χ0v) is 24.0. The second-order valence-corrected chi connectivity index (χ2v) is 14.0. The zero-order chi connectivity index (χ0) is 7.71. The fourth-order valence-corrected chi connectivity index (χ4v) is 9.06. The first-order valence-corrected chi connectivity index (χ1v) is 10.3. The van der Waals surface area contributed by atoms with Gasteiger partial charge in [-0.05, 0) is 0 Å². The standard InChI is InChI=1S/C6H18NSi2.2Cs/c1-8(2,3)7-9(4,5)6;;/h1-6H3;;/q-1;;+1. The third kappa shape index (κ3) is 20.5. The molecular formula is C6H18Cs2NSi2. The number of nitrogens with zero attached hydrogens (tertiary/aromatic N) is 1. The minimum Gasteiger partial charge on any atom is -0.668 e. The molecular weight excluding hydrogens is 408 g/mol. The third-order valence-corrected chi connectivity index (χ3v) is 6.04. The van der Waals surface area contributed by atoms with Gasteiger partial charge in [0.25, 0.3) is 0 Å². The molecule has 0 spiro atoms. The molecule has 0 N–H and O–H groups in total. The molecule has 0 aromatic heterocycles. The van der Waals surface area contributed by atoms with Gasteiger partial charge in [0.05, 0.1) is 0 Å². The van der Waals surface area contributed by atoms with Crippen molar-refractivity contribution >= 4 is 85.4 Å². The average Bonchev–Trinajstić information content (AvgIpc) is 1.14. The largest absolute Gasteiger partial charge is 1.00 e. The van der Waals surface area contributed by atoms with Gasteiger partial charge >= 0.3 is 68.9 Å². The molecule has 1 radical (unpaired) electrons. The summed E-state index contributed by atoms with van der Waals surface area (Å²) in [5.41, 5.74) is 0. The summed E-state index contributed by atoms with van der Waals surface area (Å²) in [7, 11) is -2.21. The van der Waals surface area contributed by atoms with Gasteiger partial charge in [-0.2, -0.15) is 0 Å². The van der Waals surface area contributed by atoms with Gasteiger partial charge in [-0.15, -0.1) is 0 Å². The maximum atomic E-state index is 4.82. The Kier molecular flexibility index (Phi) is 16.4. The van der Waals surface area contributed by atoms with E-state index in [2.05, 4.69) is 39.3 Å². The minimum atomic E-state index is -1.11. The molecule has 0 atom stereocenters. The van der Waals surface area contributed by atoms with E-state index in [4.69, 9.17) is 4.65 Å². The molecule has 0 aliphatic heterocycles. The predicted molar refractivity (Wildman–Crippen MR) is 55.8 cm³/mol. The Labute approximate surface area is 192 Å². The predicted octanol–water partition coefficient (Wildman–Crippen LogP) is -0.347. The summed E-state index contributed by atoms with van der Waals surface area (Å²) in [5, 5.41) is 0. The second-order valence-electron chi connectivity index (χ2n) is 4.45. The van der Waals surface area contributed by atoms with Gasteiger partial charge < -0.3 is 4.65 Å². The Morgan fingerprint density at radius 3 is 0.909 bits per heavy atom. The minimum absolute atomic E-state index is 0. The van der Waals surface area contributed by atoms with Gasteiger partial charge in [-0.3, -0.25) is 0 Å². The van der Waals surface area contributed by atoms with Crippen LogP contribution in [0.25, 0.3) is 4.65 Å². The summed E-state index contributed by atoms with van der Waals surface area (Å²) in [6.07, 6.45) is 0. The van der Waals surface area contributed by atoms with Gasteiger partial charge in [-0.25, -0.2) is 0 Å². The first kappa shape index (κ1) is 20.9. The van der Waals surface area contributed by atoms with Crippen molar-refractivity contribution in [3.8, 4) is 0 Å². The Hall–Kier alpha value is 4.50. The van der Waals surface area contributed by atoms with Crippen LogP contribution in [0.2, 0.25) is 39.3 Å². The smallest absolute Gasteiger partial charge is 0.668 e. The average molecular weight is 426 g/mol. The first-order chi connectivity index (χ1) is 3.71. The molecule has 0 amide bonds. The summed E-state index contributed by atoms with van der Waals surface area (Å²) in [6.45, 7) is 13.8. The monoisotopic (exact) mass is 426 g/mol. The van der Waals surface area contributed by atoms with Gasteiger partial charge in [0, 0.05) is 68.9 Å². The summed E-state index contributed by atoms with van der Waals surface area (Å²) in [5.74, 6) is 0. The van der Waals surface area contributed by atoms with Crippen LogP contribution in [-0.4, -0.2) is 85.4 Å². The van der Waals surface area contributed by atoms with Gasteiger partial charge in [0.1, 0.15) is 0 Å². The summed E-state index contributed by atoms with van der Waals surface area (Å²) in [4.78, 5) is 0. The van der Waals surface area contributed by atoms with Crippen LogP contribution < -0.4 is 68.9 Å². The van der Waals surface area contributed by atoms with Crippen LogP contribution in [0.3, 0.4) is 0 Å². The van der Waals surface area contributed by atoms with E-state index >= 15 is 0 Å². The SMILES string of the molecule is C[Si](C)(C)[N-][Si](C)(C)C.[Cs+].[Cs]. The Balaban J connectivity index is -0.000000320. The van der Waals surface area contributed by atoms with Crippen LogP contribution in [0.15, 0.2) is 0 Å². The van der Waals surface area contributed by atoms with Crippen LogP contribution in [0, 0.1) is 0 Å². The molecule has 5 heteroatoms. The van der Waals surface area contributed by atoms with E-state index in [1.165, 1.54) is 0 Å². The van der Waals surface area contributed by atoms with Crippen LogP contribution >= 0.6 is 0 Å². The number of rotatable bonds is 2. The van der Waals surface area contributed by atoms with E-state index in [0.717, 1.165) is 0 Å². The molecule has 0 aliphatic rings. The van der Waals surface area contributed by atoms with Crippen LogP contribution in [0.4, 0.5) is 0 Å². The molecule has 11 heavy (non-hydrogen) atoms. The second kappa shape index (κ2) is 8.63. The normalized spacial score (nSPS) is 11.5. The fraction of sp³-hybridized carbons (Fsp3) is 1.00. The van der Waals surface area contributed by atoms with E-state index in [1.807, 2.05) is 0 Å². The van der Waals surface area contributed by atoms with Crippen molar-refractivity contribution in [1.82, 2.24) is 0 Å². The molecule has 0 rings (SSSR count). The van der Waals surface area contributed by atoms with Crippen LogP contribution in [0.5, 0.6) is 0 Å². The molecule has 0 fully saturated rings. The molecule has 0 heterocycles. The van der Waals surface area contributed by atoms with E-state index in [-0.39, 0.29) is 138 Å². The van der Waals surface area contributed by atoms with E-state index in [0.29, 0.717) is 0 Å². The van der Waals surface area contributed by atoms with Crippen LogP contribution in [-0.2, 0) is 0 Å². The molecule has 0 aromatic carbocycles. The zero-order valence-electron chi connectivity index (χ0n) is 9.45. The van der Waals surface area contributed by atoms with Crippen molar-refractivity contribution in [1.29, 1.82) is 0 Å². The van der Waals surface area contributed by atoms with Gasteiger partial charge in [-0.1, -0.05) is 55.8 Å². The Morgan fingerprint density at radius 2 is 0.909 bits per heavy atom. The topological polar surface area (TPSA) is 14.1 Å². The molecule has 0 unspecified atom stereocenters. The Morgan fingerprint density at radius 1 is 0.727 bits per heavy atom. The Bertz CT molecular complexity index is 83.7. The molecule has 0 bridgehead atoms. The quantitative estimate of drug-likeness (QED) is 0.537.